The molecule has 400 valence electrons. The molecule has 0 aliphatic heterocycles. The van der Waals surface area contributed by atoms with Crippen LogP contribution in [0.4, 0.5) is 0 Å². The van der Waals surface area contributed by atoms with E-state index in [-0.39, 0.29) is 30.3 Å². The summed E-state index contributed by atoms with van der Waals surface area (Å²) in [7, 11) is 0. The number of rotatable bonds is 19. The van der Waals surface area contributed by atoms with Crippen molar-refractivity contribution in [3.8, 4) is 78.4 Å². The number of ether oxygens (including phenoxy) is 2. The fourth-order valence-electron chi connectivity index (χ4n) is 9.38. The van der Waals surface area contributed by atoms with Crippen molar-refractivity contribution in [1.29, 1.82) is 0 Å². The molecule has 0 bridgehead atoms. The molecular weight excluding hydrogens is 1120 g/mol. The summed E-state index contributed by atoms with van der Waals surface area (Å²) in [5, 5.41) is 41.8. The number of aromatic nitrogens is 6. The van der Waals surface area contributed by atoms with Crippen LogP contribution in [0, 0.1) is 0 Å². The number of hydrogen-bond donors (Lipinski definition) is 2. The molecule has 0 amide bonds. The zero-order valence-corrected chi connectivity index (χ0v) is 46.3. The fourth-order valence-corrected chi connectivity index (χ4v) is 11.4. The largest absolute Gasteiger partial charge is 0.478 e. The predicted molar refractivity (Wildman–Crippen MR) is 309 cm³/mol. The number of nitrogens with zero attached hydrogens (tertiary/aromatic N) is 6. The van der Waals surface area contributed by atoms with Gasteiger partial charge in [0.15, 0.2) is 5.76 Å². The molecule has 0 aliphatic rings. The van der Waals surface area contributed by atoms with Gasteiger partial charge in [0.1, 0.15) is 30.4 Å². The van der Waals surface area contributed by atoms with E-state index >= 15 is 0 Å². The highest BCUT2D eigenvalue weighted by Crippen LogP contribution is 2.44. The Morgan fingerprint density at radius 3 is 1.69 bits per heavy atom. The molecule has 0 fully saturated rings. The Morgan fingerprint density at radius 2 is 1.11 bits per heavy atom. The number of carbonyl (C=O) groups is 2. The Kier molecular flexibility index (Phi) is 15.5. The van der Waals surface area contributed by atoms with Gasteiger partial charge in [-0.15, -0.1) is 21.5 Å². The van der Waals surface area contributed by atoms with Crippen LogP contribution in [-0.4, -0.2) is 52.0 Å². The molecule has 11 aromatic rings. The average molecular weight is 1160 g/mol. The van der Waals surface area contributed by atoms with Gasteiger partial charge in [-0.2, -0.15) is 0 Å². The topological polar surface area (TPSA) is 181 Å². The number of halogens is 4. The summed E-state index contributed by atoms with van der Waals surface area (Å²) in [5.41, 5.74) is 9.69. The normalized spacial score (nSPS) is 11.4. The molecule has 0 radical (unpaired) electrons. The molecule has 0 spiro atoms. The zero-order chi connectivity index (χ0) is 55.6. The van der Waals surface area contributed by atoms with Crippen molar-refractivity contribution < 1.29 is 38.3 Å². The molecule has 5 aromatic heterocycles. The van der Waals surface area contributed by atoms with Crippen molar-refractivity contribution in [2.24, 2.45) is 0 Å². The molecule has 14 nitrogen and oxygen atoms in total. The average Bonchev–Trinajstić information content (AvgIpc) is 4.37. The van der Waals surface area contributed by atoms with Crippen LogP contribution in [0.3, 0.4) is 0 Å². The van der Waals surface area contributed by atoms with Gasteiger partial charge in [-0.25, -0.2) is 9.59 Å². The van der Waals surface area contributed by atoms with Crippen LogP contribution in [0.2, 0.25) is 20.1 Å². The number of hydrogen-bond acceptors (Lipinski definition) is 11. The summed E-state index contributed by atoms with van der Waals surface area (Å²) in [4.78, 5) is 24.7. The van der Waals surface area contributed by atoms with Crippen molar-refractivity contribution in [2.45, 2.75) is 46.1 Å². The van der Waals surface area contributed by atoms with Crippen LogP contribution in [0.15, 0.2) is 172 Å². The summed E-state index contributed by atoms with van der Waals surface area (Å²) in [5.74, 6) is -0.349. The van der Waals surface area contributed by atoms with Crippen molar-refractivity contribution in [3.63, 3.8) is 0 Å². The van der Waals surface area contributed by atoms with Crippen LogP contribution in [0.5, 0.6) is 11.8 Å². The summed E-state index contributed by atoms with van der Waals surface area (Å²) in [6, 6.07) is 45.2. The number of thiophene rings is 1. The molecular formula is C61H44Cl4N6O8S. The first-order valence-electron chi connectivity index (χ1n) is 24.9. The Balaban J connectivity index is 0.904. The van der Waals surface area contributed by atoms with Crippen molar-refractivity contribution in [3.05, 3.63) is 222 Å². The smallest absolute Gasteiger partial charge is 0.336 e. The maximum absolute atomic E-state index is 12.1. The molecule has 0 saturated carbocycles. The quantitative estimate of drug-likeness (QED) is 0.0783. The van der Waals surface area contributed by atoms with Gasteiger partial charge < -0.3 is 28.7 Å². The van der Waals surface area contributed by atoms with E-state index in [9.17, 15) is 19.8 Å². The summed E-state index contributed by atoms with van der Waals surface area (Å²) in [6.07, 6.45) is 1.81. The Morgan fingerprint density at radius 1 is 0.588 bits per heavy atom. The summed E-state index contributed by atoms with van der Waals surface area (Å²) >= 11 is 28.4. The van der Waals surface area contributed by atoms with E-state index in [1.165, 1.54) is 11.3 Å². The van der Waals surface area contributed by atoms with Gasteiger partial charge in [-0.1, -0.05) is 168 Å². The lowest BCUT2D eigenvalue weighted by molar-refractivity contribution is 0.0687. The zero-order valence-electron chi connectivity index (χ0n) is 42.4. The molecule has 80 heavy (non-hydrogen) atoms. The van der Waals surface area contributed by atoms with Gasteiger partial charge in [-0.05, 0) is 75.8 Å². The molecule has 6 aromatic carbocycles. The number of carboxylic acid groups (broad SMARTS) is 2. The SMILES string of the molecule is CC(C)c1onc(-c2c(Cl)cccc2Cl)c1COc1cc(-c2csc(-c3onc(-c4c(Cl)cccc4Cl)c3COc3ccn(Cc4ccc(-c5ccccc5C(=O)O)cc4)n3)c2)n(Cc2ccc(-c3ccccc3C(=O)O)cc2)n1. The first-order valence-corrected chi connectivity index (χ1v) is 27.3. The Hall–Kier alpha value is -8.44. The van der Waals surface area contributed by atoms with Gasteiger partial charge in [0.25, 0.3) is 0 Å². The second-order valence-corrected chi connectivity index (χ2v) is 21.4. The lowest BCUT2D eigenvalue weighted by Gasteiger charge is -2.10. The molecule has 0 saturated heterocycles. The maximum atomic E-state index is 12.1. The Bertz CT molecular complexity index is 4050. The monoisotopic (exact) mass is 1160 g/mol. The number of benzene rings is 6. The van der Waals surface area contributed by atoms with Crippen molar-refractivity contribution in [2.75, 3.05) is 0 Å². The van der Waals surface area contributed by atoms with E-state index in [0.29, 0.717) is 112 Å². The standard InChI is InChI=1S/C61H44Cl4N6O8S/c1-34(2)58-44(56(68-78-58)54-46(62)13-7-14-47(54)63)31-77-53-28-50(71(67-53)30-36-19-23-38(24-20-36)41-10-4-6-12-43(41)61(74)75)39-27-51(80-33-39)59-45(57(69-79-59)55-48(64)15-8-16-49(55)65)32-76-52-25-26-70(66-52)29-35-17-21-37(22-18-35)40-9-3-5-11-42(40)60(72)73/h3-28,33-34H,29-32H2,1-2H3,(H,72,73)(H,74,75). The van der Waals surface area contributed by atoms with Crippen LogP contribution in [0.25, 0.3) is 66.7 Å². The van der Waals surface area contributed by atoms with Crippen LogP contribution < -0.4 is 9.47 Å². The minimum atomic E-state index is -1.01. The lowest BCUT2D eigenvalue weighted by atomic mass is 9.99. The first-order chi connectivity index (χ1) is 38.8. The van der Waals surface area contributed by atoms with Crippen molar-refractivity contribution >= 4 is 69.7 Å². The molecule has 0 unspecified atom stereocenters. The third kappa shape index (κ3) is 11.1. The third-order valence-electron chi connectivity index (χ3n) is 13.3. The second kappa shape index (κ2) is 23.1. The maximum Gasteiger partial charge on any atom is 0.336 e. The molecule has 19 heteroatoms. The van der Waals surface area contributed by atoms with E-state index in [1.54, 1.807) is 83.5 Å². The molecule has 0 atom stereocenters. The van der Waals surface area contributed by atoms with Gasteiger partial charge in [0.05, 0.1) is 66.0 Å². The minimum absolute atomic E-state index is 0.0247. The van der Waals surface area contributed by atoms with Gasteiger partial charge >= 0.3 is 11.9 Å². The summed E-state index contributed by atoms with van der Waals surface area (Å²) < 4.78 is 28.6. The van der Waals surface area contributed by atoms with Gasteiger partial charge in [-0.3, -0.25) is 9.36 Å². The first kappa shape index (κ1) is 53.6. The molecule has 0 aliphatic carbocycles. The fraction of sp³-hybridized carbons (Fsp3) is 0.115. The highest BCUT2D eigenvalue weighted by atomic mass is 35.5. The van der Waals surface area contributed by atoms with E-state index in [4.69, 9.17) is 75.1 Å². The lowest BCUT2D eigenvalue weighted by Crippen LogP contribution is -2.05. The van der Waals surface area contributed by atoms with Gasteiger partial charge in [0, 0.05) is 46.3 Å². The predicted octanol–water partition coefficient (Wildman–Crippen LogP) is 16.5. The third-order valence-corrected chi connectivity index (χ3v) is 15.5. The minimum Gasteiger partial charge on any atom is -0.478 e. The highest BCUT2D eigenvalue weighted by Gasteiger charge is 2.28. The van der Waals surface area contributed by atoms with Crippen LogP contribution in [0.1, 0.15) is 68.5 Å². The molecule has 11 rings (SSSR count). The number of aromatic carboxylic acids is 2. The van der Waals surface area contributed by atoms with Crippen LogP contribution in [-0.2, 0) is 26.3 Å². The summed E-state index contributed by atoms with van der Waals surface area (Å²) in [6.45, 7) is 4.74. The molecule has 2 N–H and O–H groups in total. The van der Waals surface area contributed by atoms with E-state index in [0.717, 1.165) is 27.8 Å². The number of carboxylic acids is 2. The second-order valence-electron chi connectivity index (χ2n) is 18.8. The highest BCUT2D eigenvalue weighted by molar-refractivity contribution is 7.14. The molecule has 5 heterocycles. The van der Waals surface area contributed by atoms with Gasteiger partial charge in [0.2, 0.25) is 11.8 Å². The van der Waals surface area contributed by atoms with E-state index < -0.39 is 11.9 Å². The Labute approximate surface area is 481 Å². The van der Waals surface area contributed by atoms with Crippen molar-refractivity contribution in [1.82, 2.24) is 29.9 Å². The van der Waals surface area contributed by atoms with Crippen LogP contribution >= 0.6 is 57.7 Å². The van der Waals surface area contributed by atoms with E-state index in [2.05, 4.69) is 10.3 Å². The van der Waals surface area contributed by atoms with E-state index in [1.807, 2.05) is 103 Å².